The van der Waals surface area contributed by atoms with Gasteiger partial charge in [-0.1, -0.05) is 16.8 Å². The molecule has 0 bridgehead atoms. The molecule has 0 aliphatic rings. The summed E-state index contributed by atoms with van der Waals surface area (Å²) in [5, 5.41) is 4.50. The third-order valence-electron chi connectivity index (χ3n) is 1.93. The Kier molecular flexibility index (Phi) is 4.29. The first-order valence-corrected chi connectivity index (χ1v) is 4.90. The summed E-state index contributed by atoms with van der Waals surface area (Å²) in [6, 6.07) is 6.96. The second kappa shape index (κ2) is 5.30. The second-order valence-electron chi connectivity index (χ2n) is 3.25. The van der Waals surface area contributed by atoms with Crippen LogP contribution in [-0.4, -0.2) is 10.1 Å². The summed E-state index contributed by atoms with van der Waals surface area (Å²) < 4.78 is 4.99. The Morgan fingerprint density at radius 2 is 1.94 bits per heavy atom. The van der Waals surface area contributed by atoms with Gasteiger partial charge < -0.3 is 10.3 Å². The van der Waals surface area contributed by atoms with Crippen molar-refractivity contribution in [3.63, 3.8) is 0 Å². The van der Waals surface area contributed by atoms with E-state index in [0.717, 1.165) is 5.56 Å². The maximum absolute atomic E-state index is 5.77. The van der Waals surface area contributed by atoms with Gasteiger partial charge in [0, 0.05) is 10.6 Å². The molecular weight excluding hydrogens is 249 g/mol. The fraction of sp³-hybridized carbons (Fsp3) is 0.200. The van der Waals surface area contributed by atoms with Gasteiger partial charge >= 0.3 is 0 Å². The van der Waals surface area contributed by atoms with E-state index in [9.17, 15) is 0 Å². The van der Waals surface area contributed by atoms with Crippen molar-refractivity contribution in [2.45, 2.75) is 13.0 Å². The van der Waals surface area contributed by atoms with Crippen molar-refractivity contribution in [2.75, 3.05) is 0 Å². The van der Waals surface area contributed by atoms with Gasteiger partial charge in [0.1, 0.15) is 0 Å². The molecule has 2 aromatic rings. The smallest absolute Gasteiger partial charge is 0.243 e. The van der Waals surface area contributed by atoms with Gasteiger partial charge in [0.15, 0.2) is 0 Å². The van der Waals surface area contributed by atoms with E-state index in [4.69, 9.17) is 21.9 Å². The van der Waals surface area contributed by atoms with Crippen LogP contribution in [0, 0.1) is 0 Å². The zero-order valence-electron chi connectivity index (χ0n) is 8.55. The molecule has 2 N–H and O–H groups in total. The minimum atomic E-state index is -0.251. The van der Waals surface area contributed by atoms with Crippen molar-refractivity contribution in [2.24, 2.45) is 5.73 Å². The third kappa shape index (κ3) is 2.72. The highest BCUT2D eigenvalue weighted by molar-refractivity contribution is 6.30. The topological polar surface area (TPSA) is 64.9 Å². The Balaban J connectivity index is 0.00000128. The maximum Gasteiger partial charge on any atom is 0.243 e. The molecule has 0 amide bonds. The number of halogens is 2. The summed E-state index contributed by atoms with van der Waals surface area (Å²) in [5.41, 5.74) is 6.47. The molecule has 1 aromatic heterocycles. The zero-order valence-corrected chi connectivity index (χ0v) is 10.1. The highest BCUT2D eigenvalue weighted by atomic mass is 35.5. The molecule has 0 saturated heterocycles. The number of nitrogens with zero attached hydrogens (tertiary/aromatic N) is 2. The van der Waals surface area contributed by atoms with Gasteiger partial charge in [0.2, 0.25) is 11.7 Å². The SMILES string of the molecule is CC(N)c1nc(-c2ccc(Cl)cc2)no1.Cl. The monoisotopic (exact) mass is 259 g/mol. The molecule has 0 spiro atoms. The highest BCUT2D eigenvalue weighted by Gasteiger charge is 2.11. The largest absolute Gasteiger partial charge is 0.337 e. The lowest BCUT2D eigenvalue weighted by Crippen LogP contribution is -2.04. The van der Waals surface area contributed by atoms with E-state index in [-0.39, 0.29) is 18.4 Å². The first-order chi connectivity index (χ1) is 7.16. The van der Waals surface area contributed by atoms with Crippen molar-refractivity contribution in [1.82, 2.24) is 10.1 Å². The van der Waals surface area contributed by atoms with Gasteiger partial charge in [-0.15, -0.1) is 12.4 Å². The molecule has 0 radical (unpaired) electrons. The maximum atomic E-state index is 5.77. The molecular formula is C10H11Cl2N3O. The van der Waals surface area contributed by atoms with Crippen LogP contribution < -0.4 is 5.73 Å². The molecule has 6 heteroatoms. The van der Waals surface area contributed by atoms with Crippen LogP contribution in [0.3, 0.4) is 0 Å². The van der Waals surface area contributed by atoms with E-state index in [1.165, 1.54) is 0 Å². The van der Waals surface area contributed by atoms with Crippen molar-refractivity contribution < 1.29 is 4.52 Å². The molecule has 1 heterocycles. The lowest BCUT2D eigenvalue weighted by Gasteiger charge is -1.94. The van der Waals surface area contributed by atoms with Gasteiger partial charge in [0.25, 0.3) is 0 Å². The minimum Gasteiger partial charge on any atom is -0.337 e. The van der Waals surface area contributed by atoms with Crippen LogP contribution in [0.2, 0.25) is 5.02 Å². The van der Waals surface area contributed by atoms with E-state index in [2.05, 4.69) is 10.1 Å². The molecule has 16 heavy (non-hydrogen) atoms. The van der Waals surface area contributed by atoms with Crippen molar-refractivity contribution in [3.05, 3.63) is 35.2 Å². The molecule has 0 aliphatic carbocycles. The molecule has 0 saturated carbocycles. The summed E-state index contributed by atoms with van der Waals surface area (Å²) in [5.74, 6) is 0.957. The fourth-order valence-corrected chi connectivity index (χ4v) is 1.26. The summed E-state index contributed by atoms with van der Waals surface area (Å²) in [7, 11) is 0. The number of hydrogen-bond donors (Lipinski definition) is 1. The molecule has 2 rings (SSSR count). The average molecular weight is 260 g/mol. The lowest BCUT2D eigenvalue weighted by atomic mass is 10.2. The molecule has 0 aliphatic heterocycles. The Labute approximate surface area is 104 Å². The van der Waals surface area contributed by atoms with Gasteiger partial charge in [-0.3, -0.25) is 0 Å². The number of hydrogen-bond acceptors (Lipinski definition) is 4. The molecule has 86 valence electrons. The van der Waals surface area contributed by atoms with Crippen LogP contribution in [-0.2, 0) is 0 Å². The van der Waals surface area contributed by atoms with Crippen molar-refractivity contribution in [1.29, 1.82) is 0 Å². The summed E-state index contributed by atoms with van der Waals surface area (Å²) in [6.45, 7) is 1.79. The molecule has 4 nitrogen and oxygen atoms in total. The summed E-state index contributed by atoms with van der Waals surface area (Å²) in [4.78, 5) is 4.16. The predicted octanol–water partition coefficient (Wildman–Crippen LogP) is 2.83. The highest BCUT2D eigenvalue weighted by Crippen LogP contribution is 2.19. The molecule has 1 aromatic carbocycles. The average Bonchev–Trinajstić information content (AvgIpc) is 2.68. The molecule has 0 fully saturated rings. The second-order valence-corrected chi connectivity index (χ2v) is 3.69. The van der Waals surface area contributed by atoms with E-state index >= 15 is 0 Å². The number of rotatable bonds is 2. The number of benzene rings is 1. The van der Waals surface area contributed by atoms with E-state index in [0.29, 0.717) is 16.7 Å². The standard InChI is InChI=1S/C10H10ClN3O.ClH/c1-6(12)10-13-9(14-15-10)7-2-4-8(11)5-3-7;/h2-6H,12H2,1H3;1H. The van der Waals surface area contributed by atoms with Gasteiger partial charge in [-0.2, -0.15) is 4.98 Å². The van der Waals surface area contributed by atoms with E-state index < -0.39 is 0 Å². The zero-order chi connectivity index (χ0) is 10.8. The lowest BCUT2D eigenvalue weighted by molar-refractivity contribution is 0.362. The fourth-order valence-electron chi connectivity index (χ4n) is 1.14. The van der Waals surface area contributed by atoms with E-state index in [1.54, 1.807) is 19.1 Å². The van der Waals surface area contributed by atoms with Crippen molar-refractivity contribution >= 4 is 24.0 Å². The van der Waals surface area contributed by atoms with Crippen LogP contribution in [0.1, 0.15) is 18.9 Å². The van der Waals surface area contributed by atoms with Crippen LogP contribution in [0.5, 0.6) is 0 Å². The first-order valence-electron chi connectivity index (χ1n) is 4.52. The predicted molar refractivity (Wildman–Crippen MR) is 64.6 cm³/mol. The van der Waals surface area contributed by atoms with Gasteiger partial charge in [-0.05, 0) is 31.2 Å². The van der Waals surface area contributed by atoms with E-state index in [1.807, 2.05) is 12.1 Å². The normalized spacial score (nSPS) is 11.9. The van der Waals surface area contributed by atoms with Gasteiger partial charge in [-0.25, -0.2) is 0 Å². The number of aromatic nitrogens is 2. The minimum absolute atomic E-state index is 0. The van der Waals surface area contributed by atoms with Crippen LogP contribution in [0.25, 0.3) is 11.4 Å². The number of nitrogens with two attached hydrogens (primary N) is 1. The quantitative estimate of drug-likeness (QED) is 0.901. The third-order valence-corrected chi connectivity index (χ3v) is 2.19. The Morgan fingerprint density at radius 3 is 2.44 bits per heavy atom. The van der Waals surface area contributed by atoms with Gasteiger partial charge in [0.05, 0.1) is 6.04 Å². The van der Waals surface area contributed by atoms with Crippen LogP contribution in [0.4, 0.5) is 0 Å². The molecule has 1 atom stereocenters. The first kappa shape index (κ1) is 13.0. The Hall–Kier alpha value is -1.10. The Bertz CT molecular complexity index is 453. The summed E-state index contributed by atoms with van der Waals surface area (Å²) >= 11 is 5.77. The Morgan fingerprint density at radius 1 is 1.31 bits per heavy atom. The summed E-state index contributed by atoms with van der Waals surface area (Å²) in [6.07, 6.45) is 0. The van der Waals surface area contributed by atoms with Crippen molar-refractivity contribution in [3.8, 4) is 11.4 Å². The molecule has 1 unspecified atom stereocenters. The van der Waals surface area contributed by atoms with Crippen LogP contribution in [0.15, 0.2) is 28.8 Å². The van der Waals surface area contributed by atoms with Crippen LogP contribution >= 0.6 is 24.0 Å².